The molecule has 1 aliphatic heterocycles. The molecule has 1 unspecified atom stereocenters. The van der Waals surface area contributed by atoms with Crippen LogP contribution in [0.4, 0.5) is 18.9 Å². The van der Waals surface area contributed by atoms with Crippen molar-refractivity contribution < 1.29 is 31.6 Å². The van der Waals surface area contributed by atoms with Gasteiger partial charge in [0.2, 0.25) is 5.91 Å². The van der Waals surface area contributed by atoms with Gasteiger partial charge in [-0.3, -0.25) is 14.5 Å². The van der Waals surface area contributed by atoms with Gasteiger partial charge in [-0.15, -0.1) is 0 Å². The Morgan fingerprint density at radius 3 is 2.54 bits per heavy atom. The van der Waals surface area contributed by atoms with Crippen molar-refractivity contribution in [2.45, 2.75) is 25.8 Å². The first-order valence-electron chi connectivity index (χ1n) is 11.0. The maximum atomic E-state index is 13.9. The van der Waals surface area contributed by atoms with Gasteiger partial charge in [-0.1, -0.05) is 6.92 Å². The third kappa shape index (κ3) is 5.46. The number of amides is 2. The summed E-state index contributed by atoms with van der Waals surface area (Å²) in [6.45, 7) is 1.83. The van der Waals surface area contributed by atoms with Crippen molar-refractivity contribution in [1.29, 1.82) is 0 Å². The molecule has 1 aromatic carbocycles. The molecule has 2 aromatic heterocycles. The van der Waals surface area contributed by atoms with Crippen molar-refractivity contribution >= 4 is 23.2 Å². The van der Waals surface area contributed by atoms with Gasteiger partial charge in [0.25, 0.3) is 5.91 Å². The molecule has 3 aromatic rings. The molecule has 4 rings (SSSR count). The van der Waals surface area contributed by atoms with Crippen LogP contribution in [-0.2, 0) is 9.59 Å². The van der Waals surface area contributed by atoms with Gasteiger partial charge in [-0.25, -0.2) is 18.2 Å². The van der Waals surface area contributed by atoms with Gasteiger partial charge < -0.3 is 14.2 Å². The minimum Gasteiger partial charge on any atom is -0.467 e. The number of carbonyl (C=O) groups excluding carboxylic acids is 2. The Hall–Kier alpha value is -3.86. The van der Waals surface area contributed by atoms with Crippen LogP contribution in [0.1, 0.15) is 37.3 Å². The van der Waals surface area contributed by atoms with Crippen LogP contribution < -0.4 is 5.32 Å². The molecule has 2 amide bonds. The second kappa shape index (κ2) is 10.6. The topological polar surface area (TPSA) is 91.3 Å². The quantitative estimate of drug-likeness (QED) is 0.453. The summed E-state index contributed by atoms with van der Waals surface area (Å²) < 4.78 is 51.5. The van der Waals surface area contributed by atoms with E-state index in [9.17, 15) is 22.8 Å². The third-order valence-electron chi connectivity index (χ3n) is 5.42. The van der Waals surface area contributed by atoms with Crippen molar-refractivity contribution in [3.63, 3.8) is 0 Å². The number of hydrogen-bond donors (Lipinski definition) is 1. The van der Waals surface area contributed by atoms with E-state index in [0.717, 1.165) is 12.1 Å². The molecule has 35 heavy (non-hydrogen) atoms. The van der Waals surface area contributed by atoms with E-state index in [1.165, 1.54) is 17.5 Å². The van der Waals surface area contributed by atoms with Crippen molar-refractivity contribution in [3.05, 3.63) is 77.9 Å². The minimum atomic E-state index is -1.67. The summed E-state index contributed by atoms with van der Waals surface area (Å²) in [6.07, 6.45) is 4.04. The van der Waals surface area contributed by atoms with Crippen LogP contribution in [0.5, 0.6) is 0 Å². The number of benzene rings is 1. The van der Waals surface area contributed by atoms with E-state index in [0.29, 0.717) is 36.6 Å². The highest BCUT2D eigenvalue weighted by atomic mass is 19.2. The number of nitrogens with one attached hydrogen (secondary N) is 1. The van der Waals surface area contributed by atoms with Crippen LogP contribution in [0.2, 0.25) is 0 Å². The lowest BCUT2D eigenvalue weighted by atomic mass is 10.1. The predicted molar refractivity (Wildman–Crippen MR) is 120 cm³/mol. The summed E-state index contributed by atoms with van der Waals surface area (Å²) in [5.41, 5.74) is 0.0973. The molecule has 184 valence electrons. The highest BCUT2D eigenvalue weighted by molar-refractivity contribution is 6.01. The SMILES string of the molecule is CCCN(CC(=O)Nc1ccc(F)c(F)c1F)CC(=O)N1N=C(c2ccco2)CC1c1ccco1. The average molecular weight is 488 g/mol. The lowest BCUT2D eigenvalue weighted by Gasteiger charge is -2.25. The number of rotatable bonds is 9. The molecule has 8 nitrogen and oxygen atoms in total. The molecule has 11 heteroatoms. The van der Waals surface area contributed by atoms with E-state index >= 15 is 0 Å². The fraction of sp³-hybridized carbons (Fsp3) is 0.292. The van der Waals surface area contributed by atoms with Gasteiger partial charge in [0.1, 0.15) is 23.3 Å². The van der Waals surface area contributed by atoms with Crippen molar-refractivity contribution in [3.8, 4) is 0 Å². The Morgan fingerprint density at radius 2 is 1.86 bits per heavy atom. The largest absolute Gasteiger partial charge is 0.467 e. The van der Waals surface area contributed by atoms with Crippen LogP contribution in [0, 0.1) is 17.5 Å². The zero-order valence-electron chi connectivity index (χ0n) is 18.8. The molecule has 0 spiro atoms. The Morgan fingerprint density at radius 1 is 1.09 bits per heavy atom. The standard InChI is InChI=1S/C24H23F3N4O4/c1-2-9-30(13-21(32)28-16-8-7-15(25)23(26)24(16)27)14-22(33)31-18(20-6-4-11-35-20)12-17(29-31)19-5-3-10-34-19/h3-8,10-11,18H,2,9,12-14H2,1H3,(H,28,32). The maximum absolute atomic E-state index is 13.9. The monoisotopic (exact) mass is 488 g/mol. The van der Waals surface area contributed by atoms with E-state index in [4.69, 9.17) is 8.83 Å². The summed E-state index contributed by atoms with van der Waals surface area (Å²) in [6, 6.07) is 8.11. The zero-order valence-corrected chi connectivity index (χ0v) is 18.8. The van der Waals surface area contributed by atoms with E-state index in [2.05, 4.69) is 10.4 Å². The Balaban J connectivity index is 1.47. The summed E-state index contributed by atoms with van der Waals surface area (Å²) in [4.78, 5) is 27.3. The number of carbonyl (C=O) groups is 2. The second-order valence-corrected chi connectivity index (χ2v) is 7.98. The van der Waals surface area contributed by atoms with E-state index in [-0.39, 0.29) is 19.0 Å². The minimum absolute atomic E-state index is 0.159. The average Bonchev–Trinajstić information content (AvgIpc) is 3.60. The molecule has 1 atom stereocenters. The van der Waals surface area contributed by atoms with Crippen molar-refractivity contribution in [2.75, 3.05) is 25.0 Å². The van der Waals surface area contributed by atoms with Gasteiger partial charge in [-0.2, -0.15) is 5.10 Å². The molecule has 0 aliphatic carbocycles. The smallest absolute Gasteiger partial charge is 0.257 e. The summed E-state index contributed by atoms with van der Waals surface area (Å²) in [7, 11) is 0. The Kier molecular flexibility index (Phi) is 7.35. The molecular weight excluding hydrogens is 465 g/mol. The van der Waals surface area contributed by atoms with Gasteiger partial charge in [-0.05, 0) is 49.4 Å². The molecule has 1 aliphatic rings. The van der Waals surface area contributed by atoms with Gasteiger partial charge in [0, 0.05) is 6.42 Å². The number of hydrazone groups is 1. The highest BCUT2D eigenvalue weighted by Gasteiger charge is 2.36. The van der Waals surface area contributed by atoms with E-state index in [1.54, 1.807) is 29.2 Å². The molecular formula is C24H23F3N4O4. The Bertz CT molecular complexity index is 1210. The van der Waals surface area contributed by atoms with Crippen LogP contribution in [-0.4, -0.2) is 47.1 Å². The van der Waals surface area contributed by atoms with Crippen LogP contribution in [0.25, 0.3) is 0 Å². The first-order chi connectivity index (χ1) is 16.9. The lowest BCUT2D eigenvalue weighted by Crippen LogP contribution is -2.42. The number of halogens is 3. The summed E-state index contributed by atoms with van der Waals surface area (Å²) in [5.74, 6) is -4.49. The molecule has 0 saturated heterocycles. The first kappa shape index (κ1) is 24.3. The Labute approximate surface area is 199 Å². The maximum Gasteiger partial charge on any atom is 0.257 e. The third-order valence-corrected chi connectivity index (χ3v) is 5.42. The van der Waals surface area contributed by atoms with E-state index in [1.807, 2.05) is 6.92 Å². The molecule has 0 bridgehead atoms. The summed E-state index contributed by atoms with van der Waals surface area (Å²) >= 11 is 0. The second-order valence-electron chi connectivity index (χ2n) is 7.98. The van der Waals surface area contributed by atoms with E-state index < -0.39 is 35.1 Å². The van der Waals surface area contributed by atoms with Crippen LogP contribution >= 0.6 is 0 Å². The molecule has 0 saturated carbocycles. The van der Waals surface area contributed by atoms with Crippen molar-refractivity contribution in [1.82, 2.24) is 9.91 Å². The van der Waals surface area contributed by atoms with Gasteiger partial charge in [0.15, 0.2) is 17.5 Å². The van der Waals surface area contributed by atoms with Crippen molar-refractivity contribution in [2.24, 2.45) is 5.10 Å². The van der Waals surface area contributed by atoms with Gasteiger partial charge >= 0.3 is 0 Å². The lowest BCUT2D eigenvalue weighted by molar-refractivity contribution is -0.135. The number of furan rings is 2. The van der Waals surface area contributed by atoms with Gasteiger partial charge in [0.05, 0.1) is 31.3 Å². The fourth-order valence-corrected chi connectivity index (χ4v) is 3.84. The van der Waals surface area contributed by atoms with Crippen LogP contribution in [0.15, 0.2) is 62.9 Å². The molecule has 3 heterocycles. The molecule has 0 fully saturated rings. The highest BCUT2D eigenvalue weighted by Crippen LogP contribution is 2.33. The van der Waals surface area contributed by atoms with Crippen LogP contribution in [0.3, 0.4) is 0 Å². The number of anilines is 1. The molecule has 0 radical (unpaired) electrons. The number of hydrogen-bond acceptors (Lipinski definition) is 6. The normalized spacial score (nSPS) is 15.5. The predicted octanol–water partition coefficient (Wildman–Crippen LogP) is 4.32. The molecule has 1 N–H and O–H groups in total. The zero-order chi connectivity index (χ0) is 24.9. The first-order valence-corrected chi connectivity index (χ1v) is 11.0. The fourth-order valence-electron chi connectivity index (χ4n) is 3.84. The number of nitrogens with zero attached hydrogens (tertiary/aromatic N) is 3. The summed E-state index contributed by atoms with van der Waals surface area (Å²) in [5, 5.41) is 7.99.